The van der Waals surface area contributed by atoms with Gasteiger partial charge in [-0.1, -0.05) is 0 Å². The molecule has 1 saturated heterocycles. The monoisotopic (exact) mass is 503 g/mol. The van der Waals surface area contributed by atoms with Crippen LogP contribution in [-0.4, -0.2) is 63.7 Å². The second kappa shape index (κ2) is 11.0. The predicted octanol–water partition coefficient (Wildman–Crippen LogP) is 3.85. The molecule has 3 aromatic rings. The number of nitrogens with zero attached hydrogens (tertiary/aromatic N) is 2. The molecule has 1 unspecified atom stereocenters. The standard InChI is InChI=1S/C28H34AsN3O/c1-3-32(4-2)28(33)23-12-10-21(11-13-23)27(24-7-5-8-25(29)19-24)22-14-17-31(18-15-22)20-26-9-6-16-30-26/h5-13,16,19,30H,3-4,14-15,17-18,20,29H2,1-2H3. The van der Waals surface area contributed by atoms with Gasteiger partial charge in [-0.3, -0.25) is 0 Å². The summed E-state index contributed by atoms with van der Waals surface area (Å²) in [5.74, 6) is 0.108. The van der Waals surface area contributed by atoms with E-state index in [9.17, 15) is 4.79 Å². The molecule has 1 fully saturated rings. The third-order valence-electron chi connectivity index (χ3n) is 6.52. The molecule has 172 valence electrons. The van der Waals surface area contributed by atoms with Gasteiger partial charge in [0.2, 0.25) is 0 Å². The number of amides is 1. The van der Waals surface area contributed by atoms with E-state index in [1.54, 1.807) is 16.9 Å². The van der Waals surface area contributed by atoms with Crippen LogP contribution in [0.25, 0.3) is 5.57 Å². The molecule has 0 saturated carbocycles. The summed E-state index contributed by atoms with van der Waals surface area (Å²) in [6.07, 6.45) is 4.13. The Morgan fingerprint density at radius 3 is 2.24 bits per heavy atom. The van der Waals surface area contributed by atoms with Crippen molar-refractivity contribution in [2.45, 2.75) is 33.2 Å². The van der Waals surface area contributed by atoms with Crippen molar-refractivity contribution in [3.8, 4) is 0 Å². The van der Waals surface area contributed by atoms with Gasteiger partial charge in [0, 0.05) is 0 Å². The molecule has 33 heavy (non-hydrogen) atoms. The van der Waals surface area contributed by atoms with Crippen molar-refractivity contribution in [1.82, 2.24) is 14.8 Å². The van der Waals surface area contributed by atoms with E-state index < -0.39 is 0 Å². The molecule has 1 aromatic heterocycles. The number of hydrogen-bond donors (Lipinski definition) is 1. The number of nitrogens with one attached hydrogen (secondary N) is 1. The summed E-state index contributed by atoms with van der Waals surface area (Å²) < 4.78 is 1.33. The van der Waals surface area contributed by atoms with Crippen molar-refractivity contribution in [3.05, 3.63) is 94.8 Å². The van der Waals surface area contributed by atoms with Gasteiger partial charge in [0.05, 0.1) is 0 Å². The number of rotatable bonds is 7. The van der Waals surface area contributed by atoms with E-state index in [0.29, 0.717) is 0 Å². The molecule has 1 aliphatic heterocycles. The Morgan fingerprint density at radius 1 is 0.939 bits per heavy atom. The summed E-state index contributed by atoms with van der Waals surface area (Å²) in [7, 11) is 0. The maximum atomic E-state index is 12.8. The fraction of sp³-hybridized carbons (Fsp3) is 0.321. The first-order valence-electron chi connectivity index (χ1n) is 11.9. The number of piperidine rings is 1. The molecule has 1 aliphatic rings. The van der Waals surface area contributed by atoms with Gasteiger partial charge < -0.3 is 0 Å². The first-order chi connectivity index (χ1) is 16.1. The van der Waals surface area contributed by atoms with Crippen LogP contribution >= 0.6 is 0 Å². The Labute approximate surface area is 206 Å². The first kappa shape index (κ1) is 23.6. The molecule has 2 aromatic carbocycles. The minimum absolute atomic E-state index is 0.108. The summed E-state index contributed by atoms with van der Waals surface area (Å²) >= 11 is 1.65. The van der Waals surface area contributed by atoms with Gasteiger partial charge in [0.25, 0.3) is 0 Å². The SMILES string of the molecule is CCN(CC)C(=O)c1ccc(C(=C2CCN(Cc3ccc[nH]3)CC2)c2cccc([AsH2])c2)cc1. The molecule has 1 atom stereocenters. The molecule has 4 rings (SSSR count). The maximum absolute atomic E-state index is 12.8. The minimum atomic E-state index is 0.108. The number of hydrogen-bond acceptors (Lipinski definition) is 2. The van der Waals surface area contributed by atoms with Gasteiger partial charge in [-0.2, -0.15) is 0 Å². The van der Waals surface area contributed by atoms with Crippen LogP contribution < -0.4 is 4.35 Å². The van der Waals surface area contributed by atoms with E-state index >= 15 is 0 Å². The number of benzene rings is 2. The Hall–Kier alpha value is -2.55. The van der Waals surface area contributed by atoms with Gasteiger partial charge in [0.15, 0.2) is 0 Å². The van der Waals surface area contributed by atoms with Crippen molar-refractivity contribution in [2.75, 3.05) is 26.2 Å². The summed E-state index contributed by atoms with van der Waals surface area (Å²) in [6.45, 7) is 8.62. The van der Waals surface area contributed by atoms with Crippen LogP contribution in [-0.2, 0) is 6.54 Å². The fourth-order valence-electron chi connectivity index (χ4n) is 4.68. The number of H-pyrrole nitrogens is 1. The van der Waals surface area contributed by atoms with E-state index in [2.05, 4.69) is 58.4 Å². The summed E-state index contributed by atoms with van der Waals surface area (Å²) in [6, 6.07) is 21.4. The fourth-order valence-corrected chi connectivity index (χ4v) is 5.29. The van der Waals surface area contributed by atoms with Gasteiger partial charge in [0.1, 0.15) is 0 Å². The normalized spacial score (nSPS) is 14.3. The van der Waals surface area contributed by atoms with Gasteiger partial charge in [-0.25, -0.2) is 0 Å². The van der Waals surface area contributed by atoms with E-state index in [1.807, 2.05) is 37.1 Å². The van der Waals surface area contributed by atoms with E-state index in [1.165, 1.54) is 32.3 Å². The van der Waals surface area contributed by atoms with Crippen molar-refractivity contribution in [2.24, 2.45) is 0 Å². The van der Waals surface area contributed by atoms with Gasteiger partial charge in [-0.05, 0) is 0 Å². The molecule has 0 radical (unpaired) electrons. The zero-order valence-corrected chi connectivity index (χ0v) is 22.1. The molecule has 2 heterocycles. The quantitative estimate of drug-likeness (QED) is 0.498. The van der Waals surface area contributed by atoms with Crippen LogP contribution in [0.15, 0.2) is 72.4 Å². The van der Waals surface area contributed by atoms with Crippen LogP contribution in [0.5, 0.6) is 0 Å². The van der Waals surface area contributed by atoms with Gasteiger partial charge in [-0.15, -0.1) is 0 Å². The van der Waals surface area contributed by atoms with E-state index in [0.717, 1.165) is 51.1 Å². The molecular weight excluding hydrogens is 469 g/mol. The Kier molecular flexibility index (Phi) is 7.90. The molecule has 0 spiro atoms. The third-order valence-corrected chi connectivity index (χ3v) is 7.27. The summed E-state index contributed by atoms with van der Waals surface area (Å²) in [4.78, 5) is 20.5. The molecule has 5 heteroatoms. The van der Waals surface area contributed by atoms with Crippen LogP contribution in [0.1, 0.15) is 53.9 Å². The molecule has 0 bridgehead atoms. The van der Waals surface area contributed by atoms with E-state index in [4.69, 9.17) is 0 Å². The molecule has 4 nitrogen and oxygen atoms in total. The van der Waals surface area contributed by atoms with Crippen molar-refractivity contribution < 1.29 is 4.79 Å². The Bertz CT molecular complexity index is 1090. The second-order valence-electron chi connectivity index (χ2n) is 8.63. The van der Waals surface area contributed by atoms with Crippen LogP contribution in [0.4, 0.5) is 0 Å². The number of carbonyl (C=O) groups is 1. The number of likely N-dealkylation sites (tertiary alicyclic amines) is 1. The van der Waals surface area contributed by atoms with Crippen LogP contribution in [0.2, 0.25) is 0 Å². The summed E-state index contributed by atoms with van der Waals surface area (Å²) in [5.41, 5.74) is 7.39. The van der Waals surface area contributed by atoms with E-state index in [-0.39, 0.29) is 5.91 Å². The van der Waals surface area contributed by atoms with Gasteiger partial charge >= 0.3 is 206 Å². The Balaban J connectivity index is 1.62. The average molecular weight is 504 g/mol. The Morgan fingerprint density at radius 2 is 1.64 bits per heavy atom. The molecule has 1 N–H and O–H groups in total. The van der Waals surface area contributed by atoms with Crippen LogP contribution in [0.3, 0.4) is 0 Å². The average Bonchev–Trinajstić information content (AvgIpc) is 3.35. The zero-order valence-electron chi connectivity index (χ0n) is 19.7. The predicted molar refractivity (Wildman–Crippen MR) is 140 cm³/mol. The van der Waals surface area contributed by atoms with Crippen molar-refractivity contribution in [3.63, 3.8) is 0 Å². The van der Waals surface area contributed by atoms with Crippen LogP contribution in [0, 0.1) is 0 Å². The number of carbonyl (C=O) groups excluding carboxylic acids is 1. The molecule has 0 aliphatic carbocycles. The topological polar surface area (TPSA) is 39.3 Å². The third kappa shape index (κ3) is 5.69. The second-order valence-corrected chi connectivity index (χ2v) is 10.0. The molecular formula is C28H34AsN3O. The van der Waals surface area contributed by atoms with Crippen molar-refractivity contribution >= 4 is 32.7 Å². The first-order valence-corrected chi connectivity index (χ1v) is 13.1. The number of aromatic amines is 1. The van der Waals surface area contributed by atoms with Crippen molar-refractivity contribution in [1.29, 1.82) is 0 Å². The number of aromatic nitrogens is 1. The molecule has 1 amide bonds. The zero-order chi connectivity index (χ0) is 23.2. The summed E-state index contributed by atoms with van der Waals surface area (Å²) in [5, 5.41) is 0.